The first-order valence-electron chi connectivity index (χ1n) is 5.11. The molecule has 0 radical (unpaired) electrons. The lowest BCUT2D eigenvalue weighted by molar-refractivity contribution is 0.129. The summed E-state index contributed by atoms with van der Waals surface area (Å²) in [5.74, 6) is 0. The van der Waals surface area contributed by atoms with Crippen LogP contribution in [0.2, 0.25) is 0 Å². The first-order valence-corrected chi connectivity index (χ1v) is 5.11. The topological polar surface area (TPSA) is 33.0 Å². The average Bonchev–Trinajstić information content (AvgIpc) is 2.11. The first-order chi connectivity index (χ1) is 6.12. The molecule has 0 atom stereocenters. The molecule has 0 amide bonds. The molecule has 0 spiro atoms. The molecule has 0 unspecified atom stereocenters. The van der Waals surface area contributed by atoms with Crippen LogP contribution < -0.4 is 0 Å². The van der Waals surface area contributed by atoms with Gasteiger partial charge in [-0.2, -0.15) is 5.26 Å². The Morgan fingerprint density at radius 3 is 2.46 bits per heavy atom. The SMILES string of the molecule is CCCOCCCCC(C)(C)C#N. The van der Waals surface area contributed by atoms with Crippen molar-refractivity contribution in [3.8, 4) is 6.07 Å². The Labute approximate surface area is 81.9 Å². The minimum absolute atomic E-state index is 0.162. The van der Waals surface area contributed by atoms with Crippen molar-refractivity contribution in [2.45, 2.75) is 46.5 Å². The van der Waals surface area contributed by atoms with E-state index in [0.29, 0.717) is 0 Å². The summed E-state index contributed by atoms with van der Waals surface area (Å²) in [6.45, 7) is 7.79. The van der Waals surface area contributed by atoms with Gasteiger partial charge in [0.2, 0.25) is 0 Å². The van der Waals surface area contributed by atoms with Crippen molar-refractivity contribution in [3.63, 3.8) is 0 Å². The lowest BCUT2D eigenvalue weighted by Crippen LogP contribution is -2.08. The Hall–Kier alpha value is -0.550. The monoisotopic (exact) mass is 183 g/mol. The van der Waals surface area contributed by atoms with Crippen LogP contribution in [0.15, 0.2) is 0 Å². The molecule has 0 aromatic heterocycles. The number of ether oxygens (including phenoxy) is 1. The minimum Gasteiger partial charge on any atom is -0.381 e. The Morgan fingerprint density at radius 2 is 1.92 bits per heavy atom. The molecule has 0 aliphatic heterocycles. The average molecular weight is 183 g/mol. The van der Waals surface area contributed by atoms with Gasteiger partial charge in [0.15, 0.2) is 0 Å². The third kappa shape index (κ3) is 7.80. The second-order valence-corrected chi connectivity index (χ2v) is 4.07. The molecule has 76 valence electrons. The molecule has 0 heterocycles. The van der Waals surface area contributed by atoms with Gasteiger partial charge in [-0.15, -0.1) is 0 Å². The van der Waals surface area contributed by atoms with Gasteiger partial charge in [-0.25, -0.2) is 0 Å². The van der Waals surface area contributed by atoms with Gasteiger partial charge in [0.1, 0.15) is 0 Å². The maximum atomic E-state index is 8.75. The van der Waals surface area contributed by atoms with Gasteiger partial charge >= 0.3 is 0 Å². The zero-order valence-electron chi connectivity index (χ0n) is 9.10. The zero-order valence-corrected chi connectivity index (χ0v) is 9.10. The van der Waals surface area contributed by atoms with Crippen LogP contribution in [0.1, 0.15) is 46.5 Å². The van der Waals surface area contributed by atoms with Gasteiger partial charge in [-0.05, 0) is 39.5 Å². The predicted molar refractivity (Wildman–Crippen MR) is 54.4 cm³/mol. The molecule has 0 bridgehead atoms. The number of hydrogen-bond acceptors (Lipinski definition) is 2. The fourth-order valence-corrected chi connectivity index (χ4v) is 1.07. The van der Waals surface area contributed by atoms with E-state index in [1.165, 1.54) is 0 Å². The molecule has 0 N–H and O–H groups in total. The van der Waals surface area contributed by atoms with Crippen LogP contribution in [0, 0.1) is 16.7 Å². The van der Waals surface area contributed by atoms with E-state index in [-0.39, 0.29) is 5.41 Å². The fourth-order valence-electron chi connectivity index (χ4n) is 1.07. The van der Waals surface area contributed by atoms with Gasteiger partial charge in [0.25, 0.3) is 0 Å². The molecule has 13 heavy (non-hydrogen) atoms. The van der Waals surface area contributed by atoms with Crippen molar-refractivity contribution in [2.75, 3.05) is 13.2 Å². The summed E-state index contributed by atoms with van der Waals surface area (Å²) in [7, 11) is 0. The maximum absolute atomic E-state index is 8.75. The maximum Gasteiger partial charge on any atom is 0.0683 e. The van der Waals surface area contributed by atoms with E-state index in [1.807, 2.05) is 13.8 Å². The van der Waals surface area contributed by atoms with Crippen molar-refractivity contribution in [3.05, 3.63) is 0 Å². The summed E-state index contributed by atoms with van der Waals surface area (Å²) < 4.78 is 5.35. The summed E-state index contributed by atoms with van der Waals surface area (Å²) in [4.78, 5) is 0. The number of unbranched alkanes of at least 4 members (excludes halogenated alkanes) is 1. The number of hydrogen-bond donors (Lipinski definition) is 0. The highest BCUT2D eigenvalue weighted by Gasteiger charge is 2.15. The van der Waals surface area contributed by atoms with Crippen molar-refractivity contribution >= 4 is 0 Å². The predicted octanol–water partition coefficient (Wildman–Crippen LogP) is 3.13. The highest BCUT2D eigenvalue weighted by molar-refractivity contribution is 4.91. The third-order valence-corrected chi connectivity index (χ3v) is 1.99. The smallest absolute Gasteiger partial charge is 0.0683 e. The van der Waals surface area contributed by atoms with Crippen molar-refractivity contribution in [1.29, 1.82) is 5.26 Å². The fraction of sp³-hybridized carbons (Fsp3) is 0.909. The molecule has 0 saturated heterocycles. The van der Waals surface area contributed by atoms with Crippen LogP contribution in [0.3, 0.4) is 0 Å². The minimum atomic E-state index is -0.162. The van der Waals surface area contributed by atoms with Gasteiger partial charge in [0.05, 0.1) is 11.5 Å². The van der Waals surface area contributed by atoms with Crippen LogP contribution in [0.25, 0.3) is 0 Å². The summed E-state index contributed by atoms with van der Waals surface area (Å²) in [5.41, 5.74) is -0.162. The Morgan fingerprint density at radius 1 is 1.23 bits per heavy atom. The molecule has 0 aromatic carbocycles. The van der Waals surface area contributed by atoms with Crippen molar-refractivity contribution < 1.29 is 4.74 Å². The van der Waals surface area contributed by atoms with Crippen molar-refractivity contribution in [1.82, 2.24) is 0 Å². The van der Waals surface area contributed by atoms with Crippen LogP contribution in [0.4, 0.5) is 0 Å². The summed E-state index contributed by atoms with van der Waals surface area (Å²) >= 11 is 0. The standard InChI is InChI=1S/C11H21NO/c1-4-8-13-9-6-5-7-11(2,3)10-12/h4-9H2,1-3H3. The first kappa shape index (κ1) is 12.4. The van der Waals surface area contributed by atoms with Crippen LogP contribution in [0.5, 0.6) is 0 Å². The molecule has 0 aromatic rings. The highest BCUT2D eigenvalue weighted by atomic mass is 16.5. The number of nitriles is 1. The summed E-state index contributed by atoms with van der Waals surface area (Å²) in [6.07, 6.45) is 4.22. The van der Waals surface area contributed by atoms with Gasteiger partial charge in [-0.3, -0.25) is 0 Å². The van der Waals surface area contributed by atoms with E-state index in [2.05, 4.69) is 13.0 Å². The van der Waals surface area contributed by atoms with E-state index in [1.54, 1.807) is 0 Å². The Balaban J connectivity index is 3.22. The molecule has 0 aliphatic carbocycles. The second-order valence-electron chi connectivity index (χ2n) is 4.07. The largest absolute Gasteiger partial charge is 0.381 e. The number of nitrogens with zero attached hydrogens (tertiary/aromatic N) is 1. The molecule has 0 aliphatic rings. The van der Waals surface area contributed by atoms with Gasteiger partial charge in [-0.1, -0.05) is 6.92 Å². The third-order valence-electron chi connectivity index (χ3n) is 1.99. The lowest BCUT2D eigenvalue weighted by atomic mass is 9.89. The summed E-state index contributed by atoms with van der Waals surface area (Å²) in [5, 5.41) is 8.75. The zero-order chi connectivity index (χ0) is 10.2. The molecule has 0 saturated carbocycles. The Bertz CT molecular complexity index is 158. The second kappa shape index (κ2) is 6.91. The van der Waals surface area contributed by atoms with Crippen LogP contribution >= 0.6 is 0 Å². The molecule has 0 rings (SSSR count). The Kier molecular flexibility index (Phi) is 6.62. The van der Waals surface area contributed by atoms with E-state index in [4.69, 9.17) is 10.00 Å². The molecule has 2 nitrogen and oxygen atoms in total. The summed E-state index contributed by atoms with van der Waals surface area (Å²) in [6, 6.07) is 2.30. The molecule has 0 fully saturated rings. The van der Waals surface area contributed by atoms with E-state index in [0.717, 1.165) is 38.9 Å². The molecular formula is C11H21NO. The lowest BCUT2D eigenvalue weighted by Gasteiger charge is -2.14. The van der Waals surface area contributed by atoms with Crippen LogP contribution in [-0.4, -0.2) is 13.2 Å². The highest BCUT2D eigenvalue weighted by Crippen LogP contribution is 2.21. The van der Waals surface area contributed by atoms with Crippen LogP contribution in [-0.2, 0) is 4.74 Å². The van der Waals surface area contributed by atoms with Gasteiger partial charge in [0, 0.05) is 13.2 Å². The quantitative estimate of drug-likeness (QED) is 0.568. The van der Waals surface area contributed by atoms with Crippen molar-refractivity contribution in [2.24, 2.45) is 5.41 Å². The van der Waals surface area contributed by atoms with E-state index >= 15 is 0 Å². The van der Waals surface area contributed by atoms with Gasteiger partial charge < -0.3 is 4.74 Å². The van der Waals surface area contributed by atoms with E-state index < -0.39 is 0 Å². The molecule has 2 heteroatoms. The number of rotatable bonds is 7. The molecular weight excluding hydrogens is 162 g/mol. The normalized spacial score (nSPS) is 11.2. The van der Waals surface area contributed by atoms with E-state index in [9.17, 15) is 0 Å².